The number of anilines is 2. The van der Waals surface area contributed by atoms with E-state index in [-0.39, 0.29) is 5.75 Å². The topological polar surface area (TPSA) is 35.9 Å². The molecule has 3 aromatic carbocycles. The molecule has 0 fully saturated rings. The Labute approximate surface area is 197 Å². The molecule has 1 heterocycles. The van der Waals surface area contributed by atoms with E-state index in [0.29, 0.717) is 0 Å². The quantitative estimate of drug-likeness (QED) is 0.427. The number of phenols is 1. The van der Waals surface area contributed by atoms with Crippen molar-refractivity contribution < 1.29 is 9.84 Å². The van der Waals surface area contributed by atoms with Crippen LogP contribution in [0.4, 0.5) is 11.4 Å². The third-order valence-electron chi connectivity index (χ3n) is 6.05. The van der Waals surface area contributed by atoms with Crippen LogP contribution in [0.3, 0.4) is 0 Å². The molecule has 0 unspecified atom stereocenters. The van der Waals surface area contributed by atoms with Gasteiger partial charge in [-0.15, -0.1) is 0 Å². The first-order valence-electron chi connectivity index (χ1n) is 11.7. The Bertz CT molecular complexity index is 1150. The predicted octanol–water partition coefficient (Wildman–Crippen LogP) is 6.62. The number of rotatable bonds is 8. The fourth-order valence-corrected chi connectivity index (χ4v) is 4.26. The van der Waals surface area contributed by atoms with Gasteiger partial charge in [0.05, 0.1) is 5.69 Å². The Morgan fingerprint density at radius 1 is 0.939 bits per heavy atom. The standard InChI is InChI=1S/C29H32N2O2/c1-4-30(5-2)24-18-19-25(27(32)21-24)23(17-16-22-12-8-7-9-13-22)20-29-31(6-3)26-14-10-11-15-28(26)33-29/h7-15,17-21,32H,4-6,16H2,1-3H3/b23-17-,29-20-. The Morgan fingerprint density at radius 3 is 2.36 bits per heavy atom. The summed E-state index contributed by atoms with van der Waals surface area (Å²) in [6.45, 7) is 8.95. The molecule has 0 saturated carbocycles. The van der Waals surface area contributed by atoms with Crippen molar-refractivity contribution in [1.29, 1.82) is 0 Å². The van der Waals surface area contributed by atoms with Crippen LogP contribution in [0.25, 0.3) is 5.57 Å². The van der Waals surface area contributed by atoms with E-state index in [1.165, 1.54) is 5.56 Å². The van der Waals surface area contributed by atoms with Gasteiger partial charge in [0.2, 0.25) is 5.88 Å². The Balaban J connectivity index is 1.74. The van der Waals surface area contributed by atoms with E-state index in [0.717, 1.165) is 60.2 Å². The monoisotopic (exact) mass is 440 g/mol. The summed E-state index contributed by atoms with van der Waals surface area (Å²) in [5.41, 5.74) is 5.04. The smallest absolute Gasteiger partial charge is 0.201 e. The average molecular weight is 441 g/mol. The molecule has 3 aromatic rings. The van der Waals surface area contributed by atoms with Crippen molar-refractivity contribution in [3.05, 3.63) is 102 Å². The SMILES string of the molecule is CCN(CC)c1ccc(C(=C\Cc2ccccc2)/C=C2\Oc3ccccc3N2CC)c(O)c1. The van der Waals surface area contributed by atoms with Gasteiger partial charge in [-0.2, -0.15) is 0 Å². The average Bonchev–Trinajstić information content (AvgIpc) is 3.20. The lowest BCUT2D eigenvalue weighted by Crippen LogP contribution is -2.21. The lowest BCUT2D eigenvalue weighted by molar-refractivity contribution is 0.440. The van der Waals surface area contributed by atoms with E-state index < -0.39 is 0 Å². The van der Waals surface area contributed by atoms with Gasteiger partial charge in [0.15, 0.2) is 5.75 Å². The lowest BCUT2D eigenvalue weighted by atomic mass is 10.0. The molecule has 0 aromatic heterocycles. The number of benzene rings is 3. The largest absolute Gasteiger partial charge is 0.507 e. The summed E-state index contributed by atoms with van der Waals surface area (Å²) in [5, 5.41) is 11.0. The zero-order valence-electron chi connectivity index (χ0n) is 19.7. The highest BCUT2D eigenvalue weighted by atomic mass is 16.5. The van der Waals surface area contributed by atoms with E-state index in [1.807, 2.05) is 54.6 Å². The van der Waals surface area contributed by atoms with Gasteiger partial charge in [-0.1, -0.05) is 48.5 Å². The van der Waals surface area contributed by atoms with Gasteiger partial charge >= 0.3 is 0 Å². The number of para-hydroxylation sites is 2. The van der Waals surface area contributed by atoms with Crippen LogP contribution in [-0.4, -0.2) is 24.7 Å². The number of ether oxygens (including phenoxy) is 1. The molecule has 1 N–H and O–H groups in total. The molecule has 4 heteroatoms. The minimum Gasteiger partial charge on any atom is -0.507 e. The van der Waals surface area contributed by atoms with Gasteiger partial charge in [-0.05, 0) is 62.6 Å². The second-order valence-corrected chi connectivity index (χ2v) is 8.02. The number of allylic oxidation sites excluding steroid dienone is 3. The van der Waals surface area contributed by atoms with Gasteiger partial charge in [0, 0.05) is 43.0 Å². The molecule has 4 nitrogen and oxygen atoms in total. The van der Waals surface area contributed by atoms with Crippen molar-refractivity contribution in [2.24, 2.45) is 0 Å². The molecule has 4 rings (SSSR count). The van der Waals surface area contributed by atoms with Crippen molar-refractivity contribution in [2.75, 3.05) is 29.4 Å². The van der Waals surface area contributed by atoms with Crippen molar-refractivity contribution in [3.63, 3.8) is 0 Å². The number of hydrogen-bond acceptors (Lipinski definition) is 4. The van der Waals surface area contributed by atoms with E-state index in [9.17, 15) is 5.11 Å². The first kappa shape index (κ1) is 22.5. The van der Waals surface area contributed by atoms with E-state index in [2.05, 4.69) is 60.9 Å². The van der Waals surface area contributed by atoms with Crippen molar-refractivity contribution in [2.45, 2.75) is 27.2 Å². The Morgan fingerprint density at radius 2 is 1.67 bits per heavy atom. The van der Waals surface area contributed by atoms with Crippen LogP contribution in [0.5, 0.6) is 11.5 Å². The maximum Gasteiger partial charge on any atom is 0.201 e. The van der Waals surface area contributed by atoms with Gasteiger partial charge in [0.1, 0.15) is 5.75 Å². The van der Waals surface area contributed by atoms with Crippen molar-refractivity contribution in [1.82, 2.24) is 0 Å². The van der Waals surface area contributed by atoms with Crippen molar-refractivity contribution >= 4 is 16.9 Å². The fraction of sp³-hybridized carbons (Fsp3) is 0.241. The second kappa shape index (κ2) is 10.3. The first-order chi connectivity index (χ1) is 16.1. The fourth-order valence-electron chi connectivity index (χ4n) is 4.26. The molecule has 0 aliphatic carbocycles. The molecule has 1 aliphatic heterocycles. The number of fused-ring (bicyclic) bond motifs is 1. The molecule has 0 radical (unpaired) electrons. The molecule has 33 heavy (non-hydrogen) atoms. The summed E-state index contributed by atoms with van der Waals surface area (Å²) in [7, 11) is 0. The van der Waals surface area contributed by atoms with Crippen LogP contribution in [0, 0.1) is 0 Å². The highest BCUT2D eigenvalue weighted by Gasteiger charge is 2.25. The first-order valence-corrected chi connectivity index (χ1v) is 11.7. The molecule has 1 aliphatic rings. The summed E-state index contributed by atoms with van der Waals surface area (Å²) >= 11 is 0. The molecule has 0 spiro atoms. The zero-order chi connectivity index (χ0) is 23.2. The van der Waals surface area contributed by atoms with E-state index >= 15 is 0 Å². The molecular weight excluding hydrogens is 408 g/mol. The van der Waals surface area contributed by atoms with Crippen LogP contribution in [0.2, 0.25) is 0 Å². The normalized spacial score (nSPS) is 14.3. The van der Waals surface area contributed by atoms with Crippen LogP contribution >= 0.6 is 0 Å². The molecular formula is C29H32N2O2. The number of nitrogens with zero attached hydrogens (tertiary/aromatic N) is 2. The Hall–Kier alpha value is -3.66. The van der Waals surface area contributed by atoms with E-state index in [1.54, 1.807) is 0 Å². The highest BCUT2D eigenvalue weighted by Crippen LogP contribution is 2.40. The predicted molar refractivity (Wildman–Crippen MR) is 138 cm³/mol. The van der Waals surface area contributed by atoms with Gasteiger partial charge < -0.3 is 19.6 Å². The third kappa shape index (κ3) is 4.90. The van der Waals surface area contributed by atoms with Crippen molar-refractivity contribution in [3.8, 4) is 11.5 Å². The zero-order valence-corrected chi connectivity index (χ0v) is 19.7. The minimum absolute atomic E-state index is 0.272. The molecule has 170 valence electrons. The van der Waals surface area contributed by atoms with Crippen LogP contribution in [-0.2, 0) is 6.42 Å². The van der Waals surface area contributed by atoms with Crippen LogP contribution in [0.1, 0.15) is 31.9 Å². The number of hydrogen-bond donors (Lipinski definition) is 1. The van der Waals surface area contributed by atoms with Crippen LogP contribution in [0.15, 0.2) is 90.8 Å². The summed E-state index contributed by atoms with van der Waals surface area (Å²) in [6.07, 6.45) is 4.96. The lowest BCUT2D eigenvalue weighted by Gasteiger charge is -2.22. The maximum atomic E-state index is 11.0. The number of phenolic OH excluding ortho intramolecular Hbond substituents is 1. The summed E-state index contributed by atoms with van der Waals surface area (Å²) in [6, 6.07) is 24.4. The molecule has 0 bridgehead atoms. The molecule has 0 saturated heterocycles. The summed E-state index contributed by atoms with van der Waals surface area (Å²) in [4.78, 5) is 4.39. The van der Waals surface area contributed by atoms with Gasteiger partial charge in [-0.25, -0.2) is 0 Å². The summed E-state index contributed by atoms with van der Waals surface area (Å²) < 4.78 is 6.21. The van der Waals surface area contributed by atoms with Gasteiger partial charge in [0.25, 0.3) is 0 Å². The third-order valence-corrected chi connectivity index (χ3v) is 6.05. The maximum absolute atomic E-state index is 11.0. The Kier molecular flexibility index (Phi) is 7.04. The molecule has 0 atom stereocenters. The summed E-state index contributed by atoms with van der Waals surface area (Å²) in [5.74, 6) is 1.90. The van der Waals surface area contributed by atoms with E-state index in [4.69, 9.17) is 4.74 Å². The van der Waals surface area contributed by atoms with Crippen LogP contribution < -0.4 is 14.5 Å². The minimum atomic E-state index is 0.272. The highest BCUT2D eigenvalue weighted by molar-refractivity contribution is 5.81. The second-order valence-electron chi connectivity index (χ2n) is 8.02. The molecule has 0 amide bonds. The van der Waals surface area contributed by atoms with Gasteiger partial charge in [-0.3, -0.25) is 0 Å². The number of aromatic hydroxyl groups is 1.